The third-order valence-corrected chi connectivity index (χ3v) is 4.05. The summed E-state index contributed by atoms with van der Waals surface area (Å²) in [5, 5.41) is 0. The van der Waals surface area contributed by atoms with Crippen LogP contribution >= 0.6 is 0 Å². The average Bonchev–Trinajstić information content (AvgIpc) is 2.27. The Balaban J connectivity index is 2.61. The van der Waals surface area contributed by atoms with Crippen molar-refractivity contribution >= 4 is 6.16 Å². The van der Waals surface area contributed by atoms with Crippen molar-refractivity contribution in [2.45, 2.75) is 65.6 Å². The molecule has 110 valence electrons. The predicted molar refractivity (Wildman–Crippen MR) is 77.0 cm³/mol. The third kappa shape index (κ3) is 4.88. The van der Waals surface area contributed by atoms with E-state index in [0.29, 0.717) is 17.8 Å². The maximum atomic E-state index is 11.9. The molecule has 3 heteroatoms. The molecule has 0 aromatic heterocycles. The average molecular weight is 268 g/mol. The van der Waals surface area contributed by atoms with Crippen LogP contribution in [0.5, 0.6) is 0 Å². The summed E-state index contributed by atoms with van der Waals surface area (Å²) in [6.07, 6.45) is 4.30. The fraction of sp³-hybridized carbons (Fsp3) is 0.812. The van der Waals surface area contributed by atoms with Gasteiger partial charge in [0.1, 0.15) is 11.7 Å². The van der Waals surface area contributed by atoms with Crippen molar-refractivity contribution in [1.82, 2.24) is 0 Å². The van der Waals surface area contributed by atoms with Gasteiger partial charge in [0.25, 0.3) is 0 Å². The molecule has 1 fully saturated rings. The van der Waals surface area contributed by atoms with Crippen molar-refractivity contribution < 1.29 is 14.3 Å². The van der Waals surface area contributed by atoms with E-state index in [1.807, 2.05) is 0 Å². The fourth-order valence-electron chi connectivity index (χ4n) is 2.65. The lowest BCUT2D eigenvalue weighted by atomic mass is 9.75. The van der Waals surface area contributed by atoms with E-state index >= 15 is 0 Å². The zero-order valence-electron chi connectivity index (χ0n) is 12.9. The molecular formula is C16H28O3. The summed E-state index contributed by atoms with van der Waals surface area (Å²) in [5.74, 6) is 1.58. The van der Waals surface area contributed by atoms with Crippen LogP contribution in [-0.4, -0.2) is 17.9 Å². The molecule has 3 nitrogen and oxygen atoms in total. The Hall–Kier alpha value is -0.990. The molecule has 0 spiro atoms. The Bertz CT molecular complexity index is 320. The van der Waals surface area contributed by atoms with Gasteiger partial charge in [-0.3, -0.25) is 0 Å². The molecule has 0 amide bonds. The normalized spacial score (nSPS) is 28.0. The lowest BCUT2D eigenvalue weighted by molar-refractivity contribution is -0.0536. The summed E-state index contributed by atoms with van der Waals surface area (Å²) in [5.41, 5.74) is -0.676. The Morgan fingerprint density at radius 3 is 2.53 bits per heavy atom. The highest BCUT2D eigenvalue weighted by Crippen LogP contribution is 2.35. The minimum atomic E-state index is -0.676. The fourth-order valence-corrected chi connectivity index (χ4v) is 2.65. The van der Waals surface area contributed by atoms with Crippen molar-refractivity contribution in [2.24, 2.45) is 17.8 Å². The summed E-state index contributed by atoms with van der Waals surface area (Å²) in [6, 6.07) is 0. The van der Waals surface area contributed by atoms with E-state index in [4.69, 9.17) is 9.47 Å². The molecule has 1 aliphatic rings. The first-order valence-corrected chi connectivity index (χ1v) is 7.28. The molecule has 0 aromatic carbocycles. The summed E-state index contributed by atoms with van der Waals surface area (Å²) in [4.78, 5) is 11.9. The highest BCUT2D eigenvalue weighted by molar-refractivity contribution is 5.61. The molecule has 0 heterocycles. The Morgan fingerprint density at radius 2 is 2.00 bits per heavy atom. The van der Waals surface area contributed by atoms with Gasteiger partial charge in [0, 0.05) is 0 Å². The van der Waals surface area contributed by atoms with Crippen LogP contribution < -0.4 is 0 Å². The highest BCUT2D eigenvalue weighted by atomic mass is 16.7. The van der Waals surface area contributed by atoms with Crippen LogP contribution in [0.3, 0.4) is 0 Å². The molecule has 1 saturated carbocycles. The maximum Gasteiger partial charge on any atom is 0.509 e. The van der Waals surface area contributed by atoms with E-state index in [2.05, 4.69) is 27.4 Å². The van der Waals surface area contributed by atoms with E-state index in [1.165, 1.54) is 6.42 Å². The van der Waals surface area contributed by atoms with Gasteiger partial charge in [0.2, 0.25) is 0 Å². The molecular weight excluding hydrogens is 240 g/mol. The van der Waals surface area contributed by atoms with Crippen molar-refractivity contribution in [3.8, 4) is 0 Å². The summed E-state index contributed by atoms with van der Waals surface area (Å²) in [6.45, 7) is 13.8. The number of rotatable bonds is 4. The summed E-state index contributed by atoms with van der Waals surface area (Å²) >= 11 is 0. The predicted octanol–water partition coefficient (Wildman–Crippen LogP) is 4.57. The Kier molecular flexibility index (Phi) is 5.45. The van der Waals surface area contributed by atoms with E-state index in [1.54, 1.807) is 19.9 Å². The Morgan fingerprint density at radius 1 is 1.37 bits per heavy atom. The van der Waals surface area contributed by atoms with Crippen LogP contribution in [0, 0.1) is 17.8 Å². The monoisotopic (exact) mass is 268 g/mol. The largest absolute Gasteiger partial charge is 0.509 e. The van der Waals surface area contributed by atoms with E-state index in [9.17, 15) is 4.79 Å². The van der Waals surface area contributed by atoms with Crippen LogP contribution in [0.1, 0.15) is 53.9 Å². The lowest BCUT2D eigenvalue weighted by Gasteiger charge is -2.36. The molecule has 1 aliphatic carbocycles. The highest BCUT2D eigenvalue weighted by Gasteiger charge is 2.34. The minimum absolute atomic E-state index is 0.0168. The summed E-state index contributed by atoms with van der Waals surface area (Å²) < 4.78 is 10.8. The molecule has 0 aromatic rings. The number of carbonyl (C=O) groups is 1. The topological polar surface area (TPSA) is 35.5 Å². The molecule has 0 N–H and O–H groups in total. The van der Waals surface area contributed by atoms with Gasteiger partial charge in [-0.25, -0.2) is 4.79 Å². The smallest absolute Gasteiger partial charge is 0.431 e. The maximum absolute atomic E-state index is 11.9. The number of hydrogen-bond acceptors (Lipinski definition) is 3. The number of hydrogen-bond donors (Lipinski definition) is 0. The second-order valence-electron chi connectivity index (χ2n) is 6.64. The number of ether oxygens (including phenoxy) is 2. The zero-order valence-corrected chi connectivity index (χ0v) is 12.9. The molecule has 3 atom stereocenters. The van der Waals surface area contributed by atoms with Crippen LogP contribution in [0.2, 0.25) is 0 Å². The molecule has 0 saturated heterocycles. The van der Waals surface area contributed by atoms with Crippen molar-refractivity contribution in [3.05, 3.63) is 12.7 Å². The minimum Gasteiger partial charge on any atom is -0.431 e. The van der Waals surface area contributed by atoms with E-state index < -0.39 is 11.8 Å². The number of carbonyl (C=O) groups excluding carboxylic acids is 1. The van der Waals surface area contributed by atoms with Gasteiger partial charge in [-0.05, 0) is 50.5 Å². The molecule has 19 heavy (non-hydrogen) atoms. The van der Waals surface area contributed by atoms with Gasteiger partial charge in [-0.1, -0.05) is 33.8 Å². The first-order valence-electron chi connectivity index (χ1n) is 7.28. The zero-order chi connectivity index (χ0) is 14.6. The molecule has 0 bridgehead atoms. The molecule has 1 rings (SSSR count). The van der Waals surface area contributed by atoms with Crippen LogP contribution in [0.25, 0.3) is 0 Å². The molecule has 0 radical (unpaired) electrons. The van der Waals surface area contributed by atoms with Gasteiger partial charge in [-0.15, -0.1) is 0 Å². The van der Waals surface area contributed by atoms with Gasteiger partial charge in [-0.2, -0.15) is 0 Å². The van der Waals surface area contributed by atoms with E-state index in [-0.39, 0.29) is 6.10 Å². The third-order valence-electron chi connectivity index (χ3n) is 4.05. The van der Waals surface area contributed by atoms with Gasteiger partial charge >= 0.3 is 6.16 Å². The quantitative estimate of drug-likeness (QED) is 0.553. The van der Waals surface area contributed by atoms with Gasteiger partial charge in [0.15, 0.2) is 0 Å². The van der Waals surface area contributed by atoms with Crippen molar-refractivity contribution in [3.63, 3.8) is 0 Å². The van der Waals surface area contributed by atoms with Gasteiger partial charge in [0.05, 0.1) is 0 Å². The first-order chi connectivity index (χ1) is 8.75. The summed E-state index contributed by atoms with van der Waals surface area (Å²) in [7, 11) is 0. The standard InChI is InChI=1S/C16H28O3/c1-7-16(5,6)19-15(17)18-14-10-12(4)8-9-13(14)11(2)3/h7,11-14H,1,8-10H2,2-6H3. The first kappa shape index (κ1) is 16.1. The second kappa shape index (κ2) is 6.44. The van der Waals surface area contributed by atoms with Gasteiger partial charge < -0.3 is 9.47 Å². The molecule has 0 aliphatic heterocycles. The SMILES string of the molecule is C=CC(C)(C)OC(=O)OC1CC(C)CCC1C(C)C. The van der Waals surface area contributed by atoms with Crippen LogP contribution in [0.15, 0.2) is 12.7 Å². The van der Waals surface area contributed by atoms with Crippen molar-refractivity contribution in [1.29, 1.82) is 0 Å². The van der Waals surface area contributed by atoms with Crippen molar-refractivity contribution in [2.75, 3.05) is 0 Å². The van der Waals surface area contributed by atoms with E-state index in [0.717, 1.165) is 12.8 Å². The Labute approximate surface area is 117 Å². The molecule has 3 unspecified atom stereocenters. The van der Waals surface area contributed by atoms with Crippen LogP contribution in [-0.2, 0) is 9.47 Å². The van der Waals surface area contributed by atoms with Crippen LogP contribution in [0.4, 0.5) is 4.79 Å². The second-order valence-corrected chi connectivity index (χ2v) is 6.64. The lowest BCUT2D eigenvalue weighted by Crippen LogP contribution is -2.37.